The Morgan fingerprint density at radius 3 is 2.69 bits per heavy atom. The van der Waals surface area contributed by atoms with Crippen LogP contribution in [-0.4, -0.2) is 39.8 Å². The first-order valence-corrected chi connectivity index (χ1v) is 9.51. The van der Waals surface area contributed by atoms with Crippen molar-refractivity contribution in [3.8, 4) is 0 Å². The van der Waals surface area contributed by atoms with Gasteiger partial charge in [0.15, 0.2) is 11.6 Å². The second-order valence-corrected chi connectivity index (χ2v) is 9.02. The second-order valence-electron chi connectivity index (χ2n) is 9.02. The van der Waals surface area contributed by atoms with Gasteiger partial charge in [0.1, 0.15) is 18.0 Å². The first kappa shape index (κ1) is 17.8. The third-order valence-corrected chi connectivity index (χ3v) is 8.01. The maximum absolute atomic E-state index is 13.3. The van der Waals surface area contributed by atoms with Crippen molar-refractivity contribution < 1.29 is 24.6 Å². The van der Waals surface area contributed by atoms with Crippen LogP contribution >= 0.6 is 0 Å². The van der Waals surface area contributed by atoms with Crippen LogP contribution in [0.5, 0.6) is 0 Å². The molecule has 4 aliphatic carbocycles. The van der Waals surface area contributed by atoms with Crippen molar-refractivity contribution in [3.63, 3.8) is 0 Å². The first-order chi connectivity index (χ1) is 12.2. The summed E-state index contributed by atoms with van der Waals surface area (Å²) in [5.41, 5.74) is -1.86. The summed E-state index contributed by atoms with van der Waals surface area (Å²) in [5.74, 6) is -0.590. The molecule has 4 aliphatic rings. The largest absolute Gasteiger partial charge is 0.388 e. The minimum Gasteiger partial charge on any atom is -0.388 e. The lowest BCUT2D eigenvalue weighted by Gasteiger charge is -2.56. The maximum Gasteiger partial charge on any atom is 0.190 e. The monoisotopic (exact) mass is 358 g/mol. The van der Waals surface area contributed by atoms with Crippen LogP contribution in [0.3, 0.4) is 0 Å². The Balaban J connectivity index is 1.76. The Kier molecular flexibility index (Phi) is 3.74. The fourth-order valence-electron chi connectivity index (χ4n) is 6.62. The van der Waals surface area contributed by atoms with Gasteiger partial charge in [-0.15, -0.1) is 0 Å². The average molecular weight is 358 g/mol. The van der Waals surface area contributed by atoms with Crippen molar-refractivity contribution in [3.05, 3.63) is 23.8 Å². The van der Waals surface area contributed by atoms with E-state index in [9.17, 15) is 24.6 Å². The van der Waals surface area contributed by atoms with Gasteiger partial charge in [0.2, 0.25) is 0 Å². The molecule has 3 fully saturated rings. The average Bonchev–Trinajstić information content (AvgIpc) is 2.86. The van der Waals surface area contributed by atoms with Gasteiger partial charge < -0.3 is 10.2 Å². The maximum atomic E-state index is 13.3. The standard InChI is InChI=1S/C21H26O5/c1-19-7-5-13(23)9-12(19)3-4-14-15-6-8-21(26,17(25)11-22)20(15,2)10-16(24)18(14)19/h5,7,9,14-15,18,22,26H,3-4,6,8,10-11H2,1-2H3/t14-,15-,18-,19+,20+,21+/m1/s1. The molecule has 0 aliphatic heterocycles. The molecule has 0 spiro atoms. The summed E-state index contributed by atoms with van der Waals surface area (Å²) in [7, 11) is 0. The predicted molar refractivity (Wildman–Crippen MR) is 94.0 cm³/mol. The number of hydrogen-bond acceptors (Lipinski definition) is 5. The van der Waals surface area contributed by atoms with Gasteiger partial charge in [-0.05, 0) is 49.7 Å². The van der Waals surface area contributed by atoms with Gasteiger partial charge in [0, 0.05) is 23.2 Å². The lowest BCUT2D eigenvalue weighted by atomic mass is 9.46. The molecule has 0 aromatic rings. The van der Waals surface area contributed by atoms with Crippen molar-refractivity contribution in [2.24, 2.45) is 28.6 Å². The Labute approximate surface area is 153 Å². The molecular formula is C21H26O5. The highest BCUT2D eigenvalue weighted by atomic mass is 16.3. The van der Waals surface area contributed by atoms with E-state index < -0.39 is 28.8 Å². The van der Waals surface area contributed by atoms with Crippen LogP contribution < -0.4 is 0 Å². The molecule has 0 saturated heterocycles. The number of carbonyl (C=O) groups excluding carboxylic acids is 3. The highest BCUT2D eigenvalue weighted by molar-refractivity contribution is 6.02. The third-order valence-electron chi connectivity index (χ3n) is 8.01. The number of aliphatic hydroxyl groups is 2. The number of Topliss-reactive ketones (excluding diaryl/α,β-unsaturated/α-hetero) is 2. The Hall–Kier alpha value is -1.59. The van der Waals surface area contributed by atoms with Crippen LogP contribution in [0.4, 0.5) is 0 Å². The molecule has 0 amide bonds. The summed E-state index contributed by atoms with van der Waals surface area (Å²) >= 11 is 0. The molecule has 0 aromatic carbocycles. The van der Waals surface area contributed by atoms with Crippen molar-refractivity contribution in [2.45, 2.75) is 51.6 Å². The molecule has 0 radical (unpaired) electrons. The SMILES string of the molecule is C[C@]12C=CC(=O)C=C1CC[C@@H]1[C@H]3CC[C@](O)(C(=O)CO)[C@@]3(C)CC(=O)[C@@H]12. The molecule has 26 heavy (non-hydrogen) atoms. The van der Waals surface area contributed by atoms with Crippen LogP contribution in [0, 0.1) is 28.6 Å². The first-order valence-electron chi connectivity index (χ1n) is 9.51. The Bertz CT molecular complexity index is 764. The van der Waals surface area contributed by atoms with E-state index in [0.29, 0.717) is 12.8 Å². The number of ketones is 3. The lowest BCUT2D eigenvalue weighted by molar-refractivity contribution is -0.168. The van der Waals surface area contributed by atoms with Crippen LogP contribution in [-0.2, 0) is 14.4 Å². The highest BCUT2D eigenvalue weighted by Crippen LogP contribution is 2.66. The minimum absolute atomic E-state index is 0.0206. The van der Waals surface area contributed by atoms with Gasteiger partial charge in [-0.25, -0.2) is 0 Å². The predicted octanol–water partition coefficient (Wildman–Crippen LogP) is 1.77. The third kappa shape index (κ3) is 2.01. The van der Waals surface area contributed by atoms with Crippen LogP contribution in [0.2, 0.25) is 0 Å². The molecule has 0 aromatic heterocycles. The van der Waals surface area contributed by atoms with E-state index >= 15 is 0 Å². The minimum atomic E-state index is -1.62. The summed E-state index contributed by atoms with van der Waals surface area (Å²) in [6, 6.07) is 0. The van der Waals surface area contributed by atoms with E-state index in [1.54, 1.807) is 12.2 Å². The Morgan fingerprint density at radius 1 is 1.27 bits per heavy atom. The summed E-state index contributed by atoms with van der Waals surface area (Å²) < 4.78 is 0. The fourth-order valence-corrected chi connectivity index (χ4v) is 6.62. The number of carbonyl (C=O) groups is 3. The van der Waals surface area contributed by atoms with Crippen molar-refractivity contribution in [1.82, 2.24) is 0 Å². The molecule has 5 heteroatoms. The van der Waals surface area contributed by atoms with Gasteiger partial charge in [-0.3, -0.25) is 14.4 Å². The van der Waals surface area contributed by atoms with E-state index in [1.807, 2.05) is 19.9 Å². The van der Waals surface area contributed by atoms with Gasteiger partial charge in [-0.2, -0.15) is 0 Å². The molecule has 3 saturated carbocycles. The highest BCUT2D eigenvalue weighted by Gasteiger charge is 2.68. The molecule has 6 atom stereocenters. The van der Waals surface area contributed by atoms with Gasteiger partial charge in [-0.1, -0.05) is 25.5 Å². The Morgan fingerprint density at radius 2 is 2.00 bits per heavy atom. The van der Waals surface area contributed by atoms with Crippen LogP contribution in [0.25, 0.3) is 0 Å². The quantitative estimate of drug-likeness (QED) is 0.785. The molecule has 0 unspecified atom stereocenters. The zero-order valence-corrected chi connectivity index (χ0v) is 15.3. The van der Waals surface area contributed by atoms with Crippen LogP contribution in [0.1, 0.15) is 46.0 Å². The molecule has 0 bridgehead atoms. The zero-order valence-electron chi connectivity index (χ0n) is 15.3. The number of allylic oxidation sites excluding steroid dienone is 4. The molecule has 4 rings (SSSR count). The molecule has 140 valence electrons. The number of hydrogen-bond donors (Lipinski definition) is 2. The van der Waals surface area contributed by atoms with E-state index in [0.717, 1.165) is 18.4 Å². The van der Waals surface area contributed by atoms with Gasteiger partial charge in [0.25, 0.3) is 0 Å². The summed E-state index contributed by atoms with van der Waals surface area (Å²) in [6.45, 7) is 3.19. The van der Waals surface area contributed by atoms with E-state index in [-0.39, 0.29) is 35.7 Å². The van der Waals surface area contributed by atoms with E-state index in [2.05, 4.69) is 0 Å². The number of fused-ring (bicyclic) bond motifs is 5. The lowest BCUT2D eigenvalue weighted by Crippen LogP contribution is -2.60. The van der Waals surface area contributed by atoms with Crippen molar-refractivity contribution >= 4 is 17.3 Å². The zero-order chi connectivity index (χ0) is 18.9. The van der Waals surface area contributed by atoms with Crippen molar-refractivity contribution in [2.75, 3.05) is 6.61 Å². The second kappa shape index (κ2) is 5.46. The van der Waals surface area contributed by atoms with E-state index in [4.69, 9.17) is 0 Å². The number of rotatable bonds is 2. The fraction of sp³-hybridized carbons (Fsp3) is 0.667. The molecule has 5 nitrogen and oxygen atoms in total. The summed E-state index contributed by atoms with van der Waals surface area (Å²) in [5, 5.41) is 20.5. The molecule has 2 N–H and O–H groups in total. The van der Waals surface area contributed by atoms with Crippen molar-refractivity contribution in [1.29, 1.82) is 0 Å². The molecule has 0 heterocycles. The van der Waals surface area contributed by atoms with E-state index in [1.165, 1.54) is 0 Å². The summed E-state index contributed by atoms with van der Waals surface area (Å²) in [4.78, 5) is 37.4. The van der Waals surface area contributed by atoms with Crippen LogP contribution in [0.15, 0.2) is 23.8 Å². The number of aliphatic hydroxyl groups excluding tert-OH is 1. The topological polar surface area (TPSA) is 91.7 Å². The van der Waals surface area contributed by atoms with Gasteiger partial charge >= 0.3 is 0 Å². The smallest absolute Gasteiger partial charge is 0.190 e. The normalized spacial score (nSPS) is 47.1. The summed E-state index contributed by atoms with van der Waals surface area (Å²) in [6.07, 6.45) is 7.82. The molecular weight excluding hydrogens is 332 g/mol. The van der Waals surface area contributed by atoms with Gasteiger partial charge in [0.05, 0.1) is 0 Å².